The molecule has 82 valence electrons. The van der Waals surface area contributed by atoms with Crippen molar-refractivity contribution in [3.8, 4) is 0 Å². The zero-order chi connectivity index (χ0) is 11.6. The van der Waals surface area contributed by atoms with Crippen LogP contribution in [0.1, 0.15) is 0 Å². The molecule has 0 aliphatic heterocycles. The van der Waals surface area contributed by atoms with Crippen molar-refractivity contribution in [2.45, 2.75) is 5.80 Å². The summed E-state index contributed by atoms with van der Waals surface area (Å²) in [6, 6.07) is 4.03. The molecule has 2 radical (unpaired) electrons. The normalized spacial score (nSPS) is 11.6. The van der Waals surface area contributed by atoms with Crippen LogP contribution in [0.2, 0.25) is 0 Å². The minimum atomic E-state index is -4.36. The van der Waals surface area contributed by atoms with Crippen LogP contribution in [0.3, 0.4) is 0 Å². The van der Waals surface area contributed by atoms with Crippen LogP contribution in [-0.2, 0) is 0 Å². The molecule has 1 rings (SSSR count). The van der Waals surface area contributed by atoms with Crippen LogP contribution in [-0.4, -0.2) is 29.4 Å². The summed E-state index contributed by atoms with van der Waals surface area (Å²) in [7, 11) is 1.66. The lowest BCUT2D eigenvalue weighted by atomic mass is 10.3. The molecule has 0 amide bonds. The van der Waals surface area contributed by atoms with Gasteiger partial charge in [0, 0.05) is 14.1 Å². The lowest BCUT2D eigenvalue weighted by Crippen LogP contribution is -2.33. The van der Waals surface area contributed by atoms with E-state index in [1.165, 1.54) is 17.0 Å². The third kappa shape index (κ3) is 3.23. The summed E-state index contributed by atoms with van der Waals surface area (Å²) in [6.07, 6.45) is 0. The molecule has 1 nitrogen and oxygen atoms in total. The van der Waals surface area contributed by atoms with Crippen LogP contribution in [0, 0.1) is 5.82 Å². The van der Waals surface area contributed by atoms with Crippen LogP contribution in [0.25, 0.3) is 0 Å². The minimum Gasteiger partial charge on any atom is -0.375 e. The summed E-state index contributed by atoms with van der Waals surface area (Å²) in [6.45, 7) is 0. The molecule has 0 aromatic heterocycles. The summed E-state index contributed by atoms with van der Waals surface area (Å²) in [5.74, 6) is -5.15. The van der Waals surface area contributed by atoms with Crippen molar-refractivity contribution >= 4 is 20.4 Å². The highest BCUT2D eigenvalue weighted by molar-refractivity contribution is 6.55. The van der Waals surface area contributed by atoms with Gasteiger partial charge in [0.25, 0.3) is 0 Å². The fourth-order valence-corrected chi connectivity index (χ4v) is 1.84. The van der Waals surface area contributed by atoms with E-state index in [0.717, 1.165) is 6.07 Å². The number of benzene rings is 1. The van der Waals surface area contributed by atoms with Gasteiger partial charge in [0.2, 0.25) is 9.52 Å². The number of nitrogens with zero attached hydrogens (tertiary/aromatic N) is 1. The van der Waals surface area contributed by atoms with E-state index in [-0.39, 0.29) is 10.9 Å². The van der Waals surface area contributed by atoms with E-state index in [1.54, 1.807) is 14.1 Å². The lowest BCUT2D eigenvalue weighted by molar-refractivity contribution is -0.0455. The maximum absolute atomic E-state index is 13.5. The molecule has 0 bridgehead atoms. The average molecular weight is 235 g/mol. The van der Waals surface area contributed by atoms with Crippen LogP contribution in [0.5, 0.6) is 0 Å². The number of hydrogen-bond donors (Lipinski definition) is 0. The molecule has 1 aromatic rings. The zero-order valence-electron chi connectivity index (χ0n) is 8.19. The first-order valence-electron chi connectivity index (χ1n) is 4.12. The Morgan fingerprint density at radius 2 is 1.80 bits per heavy atom. The Bertz CT molecular complexity index is 348. The van der Waals surface area contributed by atoms with Crippen molar-refractivity contribution in [2.24, 2.45) is 0 Å². The molecular formula is C9H9F4NSi. The molecule has 0 aliphatic carbocycles. The van der Waals surface area contributed by atoms with E-state index in [4.69, 9.17) is 0 Å². The Labute approximate surface area is 87.5 Å². The van der Waals surface area contributed by atoms with Crippen LogP contribution >= 0.6 is 0 Å². The van der Waals surface area contributed by atoms with Gasteiger partial charge in [-0.25, -0.2) is 4.39 Å². The largest absolute Gasteiger partial charge is 0.375 e. The van der Waals surface area contributed by atoms with E-state index in [0.29, 0.717) is 0 Å². The first-order chi connectivity index (χ1) is 6.81. The smallest absolute Gasteiger partial charge is 0.362 e. The second kappa shape index (κ2) is 4.22. The molecule has 0 fully saturated rings. The molecule has 0 N–H and O–H groups in total. The van der Waals surface area contributed by atoms with E-state index in [2.05, 4.69) is 0 Å². The van der Waals surface area contributed by atoms with E-state index in [1.807, 2.05) is 0 Å². The predicted octanol–water partition coefficient (Wildman–Crippen LogP) is 1.74. The van der Waals surface area contributed by atoms with Crippen molar-refractivity contribution in [3.63, 3.8) is 0 Å². The maximum atomic E-state index is 13.5. The van der Waals surface area contributed by atoms with Gasteiger partial charge in [-0.15, -0.1) is 0 Å². The molecule has 0 saturated carbocycles. The van der Waals surface area contributed by atoms with Crippen molar-refractivity contribution in [3.05, 3.63) is 24.0 Å². The second-order valence-electron chi connectivity index (χ2n) is 3.16. The molecule has 1 aromatic carbocycles. The van der Waals surface area contributed by atoms with Gasteiger partial charge in [-0.3, -0.25) is 0 Å². The Hall–Kier alpha value is -1.04. The number of rotatable bonds is 2. The molecule has 0 aliphatic rings. The van der Waals surface area contributed by atoms with Crippen LogP contribution in [0.4, 0.5) is 23.2 Å². The Balaban J connectivity index is 3.05. The quantitative estimate of drug-likeness (QED) is 0.557. The summed E-state index contributed by atoms with van der Waals surface area (Å²) >= 11 is 0. The Morgan fingerprint density at radius 1 is 1.20 bits per heavy atom. The highest BCUT2D eigenvalue weighted by Crippen LogP contribution is 2.17. The third-order valence-electron chi connectivity index (χ3n) is 1.74. The predicted molar refractivity (Wildman–Crippen MR) is 52.2 cm³/mol. The van der Waals surface area contributed by atoms with Crippen molar-refractivity contribution in [1.82, 2.24) is 0 Å². The highest BCUT2D eigenvalue weighted by atomic mass is 28.2. The maximum Gasteiger partial charge on any atom is 0.362 e. The van der Waals surface area contributed by atoms with E-state index in [9.17, 15) is 17.6 Å². The van der Waals surface area contributed by atoms with Crippen molar-refractivity contribution in [1.29, 1.82) is 0 Å². The Morgan fingerprint density at radius 3 is 2.27 bits per heavy atom. The first-order valence-corrected chi connectivity index (χ1v) is 5.12. The van der Waals surface area contributed by atoms with E-state index < -0.39 is 21.1 Å². The van der Waals surface area contributed by atoms with Gasteiger partial charge in [0.05, 0.1) is 5.69 Å². The second-order valence-corrected chi connectivity index (χ2v) is 4.51. The fraction of sp³-hybridized carbons (Fsp3) is 0.333. The van der Waals surface area contributed by atoms with Crippen LogP contribution < -0.4 is 10.1 Å². The van der Waals surface area contributed by atoms with E-state index >= 15 is 0 Å². The van der Waals surface area contributed by atoms with Gasteiger partial charge in [-0.1, -0.05) is 12.1 Å². The van der Waals surface area contributed by atoms with Crippen molar-refractivity contribution < 1.29 is 17.6 Å². The number of alkyl halides is 3. The monoisotopic (exact) mass is 235 g/mol. The molecular weight excluding hydrogens is 226 g/mol. The van der Waals surface area contributed by atoms with Gasteiger partial charge in [-0.05, 0) is 11.3 Å². The van der Waals surface area contributed by atoms with Gasteiger partial charge >= 0.3 is 5.80 Å². The highest BCUT2D eigenvalue weighted by Gasteiger charge is 2.31. The minimum absolute atomic E-state index is 0.171. The number of anilines is 1. The summed E-state index contributed by atoms with van der Waals surface area (Å²) in [4.78, 5) is 1.44. The molecule has 0 atom stereocenters. The molecule has 0 unspecified atom stereocenters. The molecule has 0 spiro atoms. The Kier molecular flexibility index (Phi) is 3.38. The lowest BCUT2D eigenvalue weighted by Gasteiger charge is -2.15. The molecule has 6 heteroatoms. The standard InChI is InChI=1S/C9H9F4NSi/c1-14(2)6-4-3-5-7(8(6)10)15-9(11,12)13/h3-5H,1-2H3. The topological polar surface area (TPSA) is 3.24 Å². The summed E-state index contributed by atoms with van der Waals surface area (Å²) in [5, 5.41) is -0.297. The van der Waals surface area contributed by atoms with Gasteiger partial charge in [-0.2, -0.15) is 13.2 Å². The van der Waals surface area contributed by atoms with Crippen LogP contribution in [0.15, 0.2) is 18.2 Å². The van der Waals surface area contributed by atoms with Gasteiger partial charge < -0.3 is 4.90 Å². The van der Waals surface area contributed by atoms with Gasteiger partial charge in [0.1, 0.15) is 5.82 Å². The molecule has 0 heterocycles. The third-order valence-corrected chi connectivity index (χ3v) is 2.68. The zero-order valence-corrected chi connectivity index (χ0v) is 9.19. The van der Waals surface area contributed by atoms with Crippen molar-refractivity contribution in [2.75, 3.05) is 19.0 Å². The molecule has 0 saturated heterocycles. The number of hydrogen-bond acceptors (Lipinski definition) is 1. The summed E-state index contributed by atoms with van der Waals surface area (Å²) < 4.78 is 49.8. The van der Waals surface area contributed by atoms with Gasteiger partial charge in [0.15, 0.2) is 0 Å². The molecule has 15 heavy (non-hydrogen) atoms. The fourth-order valence-electron chi connectivity index (χ4n) is 1.11. The SMILES string of the molecule is CN(C)c1cccc([Si]C(F)(F)F)c1F. The average Bonchev–Trinajstić information content (AvgIpc) is 2.05. The first kappa shape index (κ1) is 12.0. The summed E-state index contributed by atoms with van der Waals surface area (Å²) in [5.41, 5.74) is 0.171. The number of halogens is 4.